The summed E-state index contributed by atoms with van der Waals surface area (Å²) in [6, 6.07) is 0.178. The van der Waals surface area contributed by atoms with Gasteiger partial charge in [-0.1, -0.05) is 0 Å². The molecule has 0 rings (SSSR count). The molecule has 0 aromatic carbocycles. The van der Waals surface area contributed by atoms with E-state index in [0.29, 0.717) is 0 Å². The van der Waals surface area contributed by atoms with E-state index in [0.717, 1.165) is 0 Å². The molecule has 0 saturated carbocycles. The van der Waals surface area contributed by atoms with Crippen LogP contribution in [0.3, 0.4) is 0 Å². The number of rotatable bonds is 6. The third-order valence-electron chi connectivity index (χ3n) is 1.85. The second-order valence-electron chi connectivity index (χ2n) is 3.88. The van der Waals surface area contributed by atoms with E-state index >= 15 is 0 Å². The van der Waals surface area contributed by atoms with Gasteiger partial charge in [-0.05, 0) is 27.7 Å². The van der Waals surface area contributed by atoms with E-state index in [9.17, 15) is 9.59 Å². The molecule has 88 valence electrons. The summed E-state index contributed by atoms with van der Waals surface area (Å²) >= 11 is 0. The number of carboxylic acids is 1. The summed E-state index contributed by atoms with van der Waals surface area (Å²) < 4.78 is 4.75. The topological polar surface area (TPSA) is 66.8 Å². The van der Waals surface area contributed by atoms with Crippen molar-refractivity contribution in [1.29, 1.82) is 0 Å². The quantitative estimate of drug-likeness (QED) is 0.712. The first kappa shape index (κ1) is 13.9. The van der Waals surface area contributed by atoms with E-state index in [4.69, 9.17) is 9.84 Å². The Kier molecular flexibility index (Phi) is 5.93. The smallest absolute Gasteiger partial charge is 0.329 e. The van der Waals surface area contributed by atoms with Crippen LogP contribution < -0.4 is 0 Å². The van der Waals surface area contributed by atoms with Gasteiger partial charge in [-0.2, -0.15) is 0 Å². The molecule has 0 heterocycles. The van der Waals surface area contributed by atoms with Gasteiger partial charge in [0.25, 0.3) is 0 Å². The minimum absolute atomic E-state index is 0.0888. The van der Waals surface area contributed by atoms with Crippen molar-refractivity contribution in [3.63, 3.8) is 0 Å². The van der Waals surface area contributed by atoms with Crippen LogP contribution in [0.4, 0.5) is 0 Å². The van der Waals surface area contributed by atoms with Crippen LogP contribution in [0.5, 0.6) is 0 Å². The Hall–Kier alpha value is -1.10. The van der Waals surface area contributed by atoms with E-state index in [-0.39, 0.29) is 24.6 Å². The van der Waals surface area contributed by atoms with Gasteiger partial charge in [0.15, 0.2) is 0 Å². The number of carbonyl (C=O) groups is 2. The fourth-order valence-electron chi connectivity index (χ4n) is 1.47. The first-order chi connectivity index (χ1) is 6.86. The molecule has 0 saturated heterocycles. The van der Waals surface area contributed by atoms with Gasteiger partial charge in [0, 0.05) is 12.1 Å². The number of ether oxygens (including phenoxy) is 1. The van der Waals surface area contributed by atoms with E-state index < -0.39 is 12.6 Å². The van der Waals surface area contributed by atoms with Crippen molar-refractivity contribution in [3.05, 3.63) is 0 Å². The lowest BCUT2D eigenvalue weighted by molar-refractivity contribution is -0.147. The standard InChI is InChI=1S/C10H19NO4/c1-7(2)11(8(3)4)9(12)5-15-6-10(13)14/h7-8H,5-6H2,1-4H3,(H,13,14). The Labute approximate surface area is 90.0 Å². The molecule has 0 aliphatic rings. The Bertz CT molecular complexity index is 217. The molecular formula is C10H19NO4. The average Bonchev–Trinajstić information content (AvgIpc) is 2.01. The van der Waals surface area contributed by atoms with E-state index in [1.807, 2.05) is 27.7 Å². The molecule has 0 aromatic rings. The molecule has 5 heteroatoms. The molecule has 0 unspecified atom stereocenters. The van der Waals surface area contributed by atoms with Crippen molar-refractivity contribution in [3.8, 4) is 0 Å². The SMILES string of the molecule is CC(C)N(C(=O)COCC(=O)O)C(C)C. The maximum Gasteiger partial charge on any atom is 0.329 e. The molecule has 0 radical (unpaired) electrons. The van der Waals surface area contributed by atoms with Gasteiger partial charge in [0.1, 0.15) is 13.2 Å². The van der Waals surface area contributed by atoms with Gasteiger partial charge in [0.05, 0.1) is 0 Å². The molecule has 1 amide bonds. The lowest BCUT2D eigenvalue weighted by Crippen LogP contribution is -2.44. The van der Waals surface area contributed by atoms with Crippen LogP contribution in [0.25, 0.3) is 0 Å². The second-order valence-corrected chi connectivity index (χ2v) is 3.88. The zero-order chi connectivity index (χ0) is 12.0. The molecule has 1 N–H and O–H groups in total. The zero-order valence-corrected chi connectivity index (χ0v) is 9.69. The van der Waals surface area contributed by atoms with Gasteiger partial charge in [-0.15, -0.1) is 0 Å². The largest absolute Gasteiger partial charge is 0.480 e. The molecule has 15 heavy (non-hydrogen) atoms. The van der Waals surface area contributed by atoms with Gasteiger partial charge in [-0.3, -0.25) is 4.79 Å². The van der Waals surface area contributed by atoms with Gasteiger partial charge >= 0.3 is 5.97 Å². The monoisotopic (exact) mass is 217 g/mol. The predicted octanol–water partition coefficient (Wildman–Crippen LogP) is 0.733. The summed E-state index contributed by atoms with van der Waals surface area (Å²) in [6.45, 7) is 7.03. The summed E-state index contributed by atoms with van der Waals surface area (Å²) in [4.78, 5) is 23.5. The van der Waals surface area contributed by atoms with E-state index in [1.165, 1.54) is 0 Å². The Morgan fingerprint density at radius 3 is 1.93 bits per heavy atom. The zero-order valence-electron chi connectivity index (χ0n) is 9.69. The van der Waals surface area contributed by atoms with Crippen LogP contribution in [-0.4, -0.2) is 47.2 Å². The summed E-state index contributed by atoms with van der Waals surface area (Å²) in [6.07, 6.45) is 0. The number of nitrogens with zero attached hydrogens (tertiary/aromatic N) is 1. The van der Waals surface area contributed by atoms with Crippen molar-refractivity contribution in [2.75, 3.05) is 13.2 Å². The number of carboxylic acid groups (broad SMARTS) is 1. The number of hydrogen-bond donors (Lipinski definition) is 1. The number of amides is 1. The van der Waals surface area contributed by atoms with Gasteiger partial charge in [0.2, 0.25) is 5.91 Å². The van der Waals surface area contributed by atoms with Crippen LogP contribution >= 0.6 is 0 Å². The summed E-state index contributed by atoms with van der Waals surface area (Å²) in [7, 11) is 0. The van der Waals surface area contributed by atoms with Gasteiger partial charge in [-0.25, -0.2) is 4.79 Å². The van der Waals surface area contributed by atoms with Crippen molar-refractivity contribution >= 4 is 11.9 Å². The second kappa shape index (κ2) is 6.40. The normalized spacial score (nSPS) is 10.8. The first-order valence-electron chi connectivity index (χ1n) is 4.97. The Balaban J connectivity index is 4.10. The van der Waals surface area contributed by atoms with E-state index in [2.05, 4.69) is 0 Å². The predicted molar refractivity (Wildman–Crippen MR) is 55.6 cm³/mol. The Morgan fingerprint density at radius 2 is 1.60 bits per heavy atom. The number of aliphatic carboxylic acids is 1. The fraction of sp³-hybridized carbons (Fsp3) is 0.800. The van der Waals surface area contributed by atoms with Crippen LogP contribution in [0, 0.1) is 0 Å². The van der Waals surface area contributed by atoms with Crippen LogP contribution in [-0.2, 0) is 14.3 Å². The molecule has 0 bridgehead atoms. The van der Waals surface area contributed by atoms with Crippen LogP contribution in [0.1, 0.15) is 27.7 Å². The van der Waals surface area contributed by atoms with Crippen molar-refractivity contribution in [2.45, 2.75) is 39.8 Å². The highest BCUT2D eigenvalue weighted by molar-refractivity contribution is 5.78. The molecule has 0 fully saturated rings. The Morgan fingerprint density at radius 1 is 1.13 bits per heavy atom. The third kappa shape index (κ3) is 5.37. The highest BCUT2D eigenvalue weighted by Crippen LogP contribution is 2.05. The number of carbonyl (C=O) groups excluding carboxylic acids is 1. The lowest BCUT2D eigenvalue weighted by atomic mass is 10.2. The summed E-state index contributed by atoms with van der Waals surface area (Å²) in [5, 5.41) is 8.33. The summed E-state index contributed by atoms with van der Waals surface area (Å²) in [5.74, 6) is -1.25. The highest BCUT2D eigenvalue weighted by Gasteiger charge is 2.19. The lowest BCUT2D eigenvalue weighted by Gasteiger charge is -2.30. The minimum atomic E-state index is -1.07. The molecule has 0 spiro atoms. The van der Waals surface area contributed by atoms with Crippen LogP contribution in [0.15, 0.2) is 0 Å². The van der Waals surface area contributed by atoms with Crippen molar-refractivity contribution in [2.24, 2.45) is 0 Å². The maximum atomic E-state index is 11.6. The molecule has 0 aromatic heterocycles. The molecule has 0 atom stereocenters. The molecule has 0 aliphatic heterocycles. The minimum Gasteiger partial charge on any atom is -0.480 e. The highest BCUT2D eigenvalue weighted by atomic mass is 16.5. The average molecular weight is 217 g/mol. The first-order valence-corrected chi connectivity index (χ1v) is 4.97. The number of hydrogen-bond acceptors (Lipinski definition) is 3. The molecular weight excluding hydrogens is 198 g/mol. The van der Waals surface area contributed by atoms with E-state index in [1.54, 1.807) is 4.90 Å². The molecule has 0 aliphatic carbocycles. The fourth-order valence-corrected chi connectivity index (χ4v) is 1.47. The van der Waals surface area contributed by atoms with Crippen LogP contribution in [0.2, 0.25) is 0 Å². The molecule has 5 nitrogen and oxygen atoms in total. The summed E-state index contributed by atoms with van der Waals surface area (Å²) in [5.41, 5.74) is 0. The maximum absolute atomic E-state index is 11.6. The van der Waals surface area contributed by atoms with Gasteiger partial charge < -0.3 is 14.7 Å². The third-order valence-corrected chi connectivity index (χ3v) is 1.85. The van der Waals surface area contributed by atoms with Crippen molar-refractivity contribution < 1.29 is 19.4 Å². The van der Waals surface area contributed by atoms with Crippen molar-refractivity contribution in [1.82, 2.24) is 4.90 Å².